The van der Waals surface area contributed by atoms with Crippen molar-refractivity contribution in [1.29, 1.82) is 0 Å². The number of rotatable bonds is 4. The highest BCUT2D eigenvalue weighted by Crippen LogP contribution is 2.20. The van der Waals surface area contributed by atoms with Crippen molar-refractivity contribution in [3.8, 4) is 5.75 Å². The molecule has 3 heteroatoms. The van der Waals surface area contributed by atoms with Crippen LogP contribution in [-0.2, 0) is 4.79 Å². The van der Waals surface area contributed by atoms with Crippen LogP contribution in [0.25, 0.3) is 0 Å². The van der Waals surface area contributed by atoms with Crippen molar-refractivity contribution in [2.75, 3.05) is 5.32 Å². The Bertz CT molecular complexity index is 390. The molecule has 0 heterocycles. The average Bonchev–Trinajstić information content (AvgIpc) is 2.30. The molecule has 0 spiro atoms. The SMILES string of the molecule is CC[C@@H](C)Oc1ccc(NC(=O)C(C)(C)C)cc1. The van der Waals surface area contributed by atoms with Crippen LogP contribution in [0.4, 0.5) is 5.69 Å². The minimum Gasteiger partial charge on any atom is -0.491 e. The van der Waals surface area contributed by atoms with Crippen molar-refractivity contribution < 1.29 is 9.53 Å². The molecule has 0 aliphatic rings. The van der Waals surface area contributed by atoms with Crippen LogP contribution < -0.4 is 10.1 Å². The third-order valence-corrected chi connectivity index (χ3v) is 2.71. The van der Waals surface area contributed by atoms with Crippen molar-refractivity contribution in [3.63, 3.8) is 0 Å². The van der Waals surface area contributed by atoms with E-state index in [0.29, 0.717) is 0 Å². The van der Waals surface area contributed by atoms with Gasteiger partial charge in [-0.3, -0.25) is 4.79 Å². The van der Waals surface area contributed by atoms with E-state index < -0.39 is 0 Å². The molecule has 1 amide bonds. The zero-order valence-corrected chi connectivity index (χ0v) is 11.9. The molecule has 3 nitrogen and oxygen atoms in total. The molecule has 1 aromatic rings. The first-order chi connectivity index (χ1) is 8.32. The predicted molar refractivity (Wildman–Crippen MR) is 74.9 cm³/mol. The number of carbonyl (C=O) groups excluding carboxylic acids is 1. The molecule has 1 aromatic carbocycles. The summed E-state index contributed by atoms with van der Waals surface area (Å²) in [5.74, 6) is 0.844. The molecule has 0 saturated heterocycles. The summed E-state index contributed by atoms with van der Waals surface area (Å²) >= 11 is 0. The highest BCUT2D eigenvalue weighted by molar-refractivity contribution is 5.94. The van der Waals surface area contributed by atoms with E-state index in [1.54, 1.807) is 0 Å². The Balaban J connectivity index is 2.63. The summed E-state index contributed by atoms with van der Waals surface area (Å²) in [6.45, 7) is 9.80. The van der Waals surface area contributed by atoms with E-state index in [9.17, 15) is 4.79 Å². The summed E-state index contributed by atoms with van der Waals surface area (Å²) in [6, 6.07) is 7.48. The van der Waals surface area contributed by atoms with Crippen molar-refractivity contribution in [3.05, 3.63) is 24.3 Å². The minimum atomic E-state index is -0.383. The zero-order valence-electron chi connectivity index (χ0n) is 11.9. The van der Waals surface area contributed by atoms with Crippen LogP contribution in [0.5, 0.6) is 5.75 Å². The minimum absolute atomic E-state index is 0.0121. The van der Waals surface area contributed by atoms with Crippen LogP contribution in [0.3, 0.4) is 0 Å². The molecule has 0 unspecified atom stereocenters. The lowest BCUT2D eigenvalue weighted by Crippen LogP contribution is -2.27. The maximum atomic E-state index is 11.8. The van der Waals surface area contributed by atoms with Crippen molar-refractivity contribution in [1.82, 2.24) is 0 Å². The summed E-state index contributed by atoms with van der Waals surface area (Å²) in [5.41, 5.74) is 0.415. The van der Waals surface area contributed by atoms with Gasteiger partial charge >= 0.3 is 0 Å². The van der Waals surface area contributed by atoms with E-state index in [0.717, 1.165) is 17.9 Å². The number of hydrogen-bond donors (Lipinski definition) is 1. The lowest BCUT2D eigenvalue weighted by atomic mass is 9.95. The highest BCUT2D eigenvalue weighted by Gasteiger charge is 2.20. The van der Waals surface area contributed by atoms with Gasteiger partial charge in [0, 0.05) is 11.1 Å². The Labute approximate surface area is 110 Å². The van der Waals surface area contributed by atoms with Crippen LogP contribution in [0.1, 0.15) is 41.0 Å². The maximum absolute atomic E-state index is 11.8. The van der Waals surface area contributed by atoms with Crippen molar-refractivity contribution in [2.45, 2.75) is 47.1 Å². The van der Waals surface area contributed by atoms with E-state index in [1.807, 2.05) is 52.0 Å². The van der Waals surface area contributed by atoms with Gasteiger partial charge in [0.1, 0.15) is 5.75 Å². The maximum Gasteiger partial charge on any atom is 0.229 e. The van der Waals surface area contributed by atoms with Gasteiger partial charge in [0.2, 0.25) is 5.91 Å². The second-order valence-corrected chi connectivity index (χ2v) is 5.57. The second kappa shape index (κ2) is 5.89. The van der Waals surface area contributed by atoms with E-state index in [4.69, 9.17) is 4.74 Å². The standard InChI is InChI=1S/C15H23NO2/c1-6-11(2)18-13-9-7-12(8-10-13)16-14(17)15(3,4)5/h7-11H,6H2,1-5H3,(H,16,17)/t11-/m1/s1. The van der Waals surface area contributed by atoms with Gasteiger partial charge in [-0.2, -0.15) is 0 Å². The highest BCUT2D eigenvalue weighted by atomic mass is 16.5. The molecule has 0 radical (unpaired) electrons. The van der Waals surface area contributed by atoms with Gasteiger partial charge in [0.05, 0.1) is 6.10 Å². The molecular formula is C15H23NO2. The van der Waals surface area contributed by atoms with Gasteiger partial charge in [0.15, 0.2) is 0 Å². The molecule has 0 bridgehead atoms. The molecule has 18 heavy (non-hydrogen) atoms. The fourth-order valence-electron chi connectivity index (χ4n) is 1.25. The van der Waals surface area contributed by atoms with Crippen molar-refractivity contribution >= 4 is 11.6 Å². The lowest BCUT2D eigenvalue weighted by molar-refractivity contribution is -0.123. The topological polar surface area (TPSA) is 38.3 Å². The van der Waals surface area contributed by atoms with E-state index in [-0.39, 0.29) is 17.4 Å². The first-order valence-electron chi connectivity index (χ1n) is 6.41. The number of ether oxygens (including phenoxy) is 1. The molecule has 1 rings (SSSR count). The van der Waals surface area contributed by atoms with Crippen LogP contribution in [-0.4, -0.2) is 12.0 Å². The molecule has 0 fully saturated rings. The van der Waals surface area contributed by atoms with Crippen LogP contribution in [0, 0.1) is 5.41 Å². The van der Waals surface area contributed by atoms with Gasteiger partial charge in [-0.25, -0.2) is 0 Å². The Morgan fingerprint density at radius 3 is 2.28 bits per heavy atom. The molecule has 100 valence electrons. The Morgan fingerprint density at radius 2 is 1.83 bits per heavy atom. The van der Waals surface area contributed by atoms with E-state index in [2.05, 4.69) is 12.2 Å². The summed E-state index contributed by atoms with van der Waals surface area (Å²) in [5, 5.41) is 2.88. The number of carbonyl (C=O) groups is 1. The summed E-state index contributed by atoms with van der Waals surface area (Å²) in [4.78, 5) is 11.8. The molecule has 1 N–H and O–H groups in total. The fraction of sp³-hybridized carbons (Fsp3) is 0.533. The smallest absolute Gasteiger partial charge is 0.229 e. The Kier molecular flexibility index (Phi) is 4.76. The summed E-state index contributed by atoms with van der Waals surface area (Å²) in [6.07, 6.45) is 1.18. The largest absolute Gasteiger partial charge is 0.491 e. The van der Waals surface area contributed by atoms with Gasteiger partial charge in [-0.05, 0) is 37.6 Å². The number of hydrogen-bond acceptors (Lipinski definition) is 2. The molecule has 0 aliphatic carbocycles. The van der Waals surface area contributed by atoms with Gasteiger partial charge in [-0.15, -0.1) is 0 Å². The van der Waals surface area contributed by atoms with Gasteiger partial charge in [-0.1, -0.05) is 27.7 Å². The first-order valence-corrected chi connectivity index (χ1v) is 6.41. The molecule has 0 saturated carbocycles. The zero-order chi connectivity index (χ0) is 13.8. The predicted octanol–water partition coefficient (Wildman–Crippen LogP) is 3.85. The number of benzene rings is 1. The number of anilines is 1. The average molecular weight is 249 g/mol. The summed E-state index contributed by atoms with van der Waals surface area (Å²) in [7, 11) is 0. The molecule has 1 atom stereocenters. The van der Waals surface area contributed by atoms with Crippen LogP contribution in [0.15, 0.2) is 24.3 Å². The van der Waals surface area contributed by atoms with E-state index >= 15 is 0 Å². The van der Waals surface area contributed by atoms with E-state index in [1.165, 1.54) is 0 Å². The van der Waals surface area contributed by atoms with Crippen LogP contribution in [0.2, 0.25) is 0 Å². The number of amides is 1. The second-order valence-electron chi connectivity index (χ2n) is 5.57. The number of nitrogens with one attached hydrogen (secondary N) is 1. The quantitative estimate of drug-likeness (QED) is 0.880. The van der Waals surface area contributed by atoms with Gasteiger partial charge < -0.3 is 10.1 Å². The fourth-order valence-corrected chi connectivity index (χ4v) is 1.25. The molecular weight excluding hydrogens is 226 g/mol. The van der Waals surface area contributed by atoms with Crippen LogP contribution >= 0.6 is 0 Å². The normalized spacial score (nSPS) is 12.9. The third-order valence-electron chi connectivity index (χ3n) is 2.71. The monoisotopic (exact) mass is 249 g/mol. The third kappa shape index (κ3) is 4.40. The summed E-state index contributed by atoms with van der Waals surface area (Å²) < 4.78 is 5.68. The molecule has 0 aromatic heterocycles. The van der Waals surface area contributed by atoms with Gasteiger partial charge in [0.25, 0.3) is 0 Å². The Hall–Kier alpha value is -1.51. The van der Waals surface area contributed by atoms with Crippen molar-refractivity contribution in [2.24, 2.45) is 5.41 Å². The first kappa shape index (κ1) is 14.6. The lowest BCUT2D eigenvalue weighted by Gasteiger charge is -2.18. The Morgan fingerprint density at radius 1 is 1.28 bits per heavy atom. The molecule has 0 aliphatic heterocycles.